The second-order valence-electron chi connectivity index (χ2n) is 6.76. The fourth-order valence-corrected chi connectivity index (χ4v) is 4.43. The number of carbonyl (C=O) groups excluding carboxylic acids is 1. The van der Waals surface area contributed by atoms with E-state index in [9.17, 15) is 4.79 Å². The first-order valence-electron chi connectivity index (χ1n) is 9.10. The number of anilines is 1. The minimum atomic E-state index is -0.0682. The van der Waals surface area contributed by atoms with Gasteiger partial charge in [0.2, 0.25) is 11.1 Å². The minimum absolute atomic E-state index is 0.0682. The third kappa shape index (κ3) is 4.80. The Morgan fingerprint density at radius 2 is 1.93 bits per heavy atom. The Morgan fingerprint density at radius 3 is 2.72 bits per heavy atom. The predicted octanol–water partition coefficient (Wildman–Crippen LogP) is 3.98. The quantitative estimate of drug-likeness (QED) is 0.471. The normalized spacial score (nSPS) is 11.1. The third-order valence-corrected chi connectivity index (χ3v) is 5.96. The molecule has 0 saturated heterocycles. The number of hydrogen-bond donors (Lipinski definition) is 1. The number of thioether (sulfide) groups is 1. The summed E-state index contributed by atoms with van der Waals surface area (Å²) in [6.07, 6.45) is 0.262. The highest BCUT2D eigenvalue weighted by atomic mass is 32.2. The molecule has 148 valence electrons. The highest BCUT2D eigenvalue weighted by Gasteiger charge is 2.11. The minimum Gasteiger partial charge on any atom is -0.326 e. The largest absolute Gasteiger partial charge is 0.326 e. The number of nitrogens with one attached hydrogen (secondary N) is 1. The van der Waals surface area contributed by atoms with Gasteiger partial charge in [-0.2, -0.15) is 4.98 Å². The van der Waals surface area contributed by atoms with Crippen LogP contribution in [0.1, 0.15) is 27.7 Å². The van der Waals surface area contributed by atoms with E-state index in [1.165, 1.54) is 23.1 Å². The Bertz CT molecular complexity index is 1170. The smallest absolute Gasteiger partial charge is 0.253 e. The molecule has 7 nitrogen and oxygen atoms in total. The summed E-state index contributed by atoms with van der Waals surface area (Å²) in [5.74, 6) is 1.18. The maximum atomic E-state index is 12.2. The van der Waals surface area contributed by atoms with E-state index >= 15 is 0 Å². The molecule has 0 bridgehead atoms. The van der Waals surface area contributed by atoms with Crippen LogP contribution < -0.4 is 5.32 Å². The summed E-state index contributed by atoms with van der Waals surface area (Å²) in [5.41, 5.74) is 4.79. The molecule has 4 aromatic rings. The van der Waals surface area contributed by atoms with Gasteiger partial charge in [-0.1, -0.05) is 29.5 Å². The monoisotopic (exact) mass is 424 g/mol. The molecule has 3 heterocycles. The zero-order valence-corrected chi connectivity index (χ0v) is 18.0. The van der Waals surface area contributed by atoms with Gasteiger partial charge in [0.15, 0.2) is 0 Å². The first kappa shape index (κ1) is 19.5. The van der Waals surface area contributed by atoms with Crippen molar-refractivity contribution in [2.45, 2.75) is 38.1 Å². The van der Waals surface area contributed by atoms with Crippen molar-refractivity contribution in [3.63, 3.8) is 0 Å². The molecule has 0 aliphatic heterocycles. The van der Waals surface area contributed by atoms with E-state index in [2.05, 4.69) is 25.4 Å². The Balaban J connectivity index is 1.35. The van der Waals surface area contributed by atoms with E-state index < -0.39 is 0 Å². The lowest BCUT2D eigenvalue weighted by Gasteiger charge is -2.04. The molecular weight excluding hydrogens is 404 g/mol. The predicted molar refractivity (Wildman–Crippen MR) is 115 cm³/mol. The number of aryl methyl sites for hydroxylation is 3. The molecule has 9 heteroatoms. The van der Waals surface area contributed by atoms with Gasteiger partial charge in [-0.15, -0.1) is 16.4 Å². The zero-order chi connectivity index (χ0) is 20.4. The molecule has 0 unspecified atom stereocenters. The number of aromatic nitrogens is 5. The van der Waals surface area contributed by atoms with Crippen LogP contribution in [0.25, 0.3) is 5.78 Å². The molecule has 3 aromatic heterocycles. The summed E-state index contributed by atoms with van der Waals surface area (Å²) in [4.78, 5) is 25.7. The highest BCUT2D eigenvalue weighted by molar-refractivity contribution is 7.98. The Labute approximate surface area is 176 Å². The average Bonchev–Trinajstić information content (AvgIpc) is 3.28. The molecule has 1 aromatic carbocycles. The number of amides is 1. The van der Waals surface area contributed by atoms with E-state index in [1.807, 2.05) is 56.5 Å². The highest BCUT2D eigenvalue weighted by Crippen LogP contribution is 2.22. The molecular formula is C20H20N6OS2. The van der Waals surface area contributed by atoms with Crippen LogP contribution in [-0.4, -0.2) is 30.5 Å². The molecule has 4 rings (SSSR count). The maximum Gasteiger partial charge on any atom is 0.253 e. The summed E-state index contributed by atoms with van der Waals surface area (Å²) in [7, 11) is 0. The summed E-state index contributed by atoms with van der Waals surface area (Å²) < 4.78 is 1.75. The molecule has 0 aliphatic rings. The topological polar surface area (TPSA) is 85.1 Å². The third-order valence-electron chi connectivity index (χ3n) is 4.19. The van der Waals surface area contributed by atoms with Gasteiger partial charge in [0, 0.05) is 28.2 Å². The number of nitrogens with zero attached hydrogens (tertiary/aromatic N) is 5. The van der Waals surface area contributed by atoms with Crippen molar-refractivity contribution < 1.29 is 4.79 Å². The van der Waals surface area contributed by atoms with Crippen LogP contribution in [0.2, 0.25) is 0 Å². The lowest BCUT2D eigenvalue weighted by atomic mass is 10.2. The van der Waals surface area contributed by atoms with Gasteiger partial charge in [0.1, 0.15) is 5.01 Å². The van der Waals surface area contributed by atoms with Crippen molar-refractivity contribution in [1.29, 1.82) is 0 Å². The van der Waals surface area contributed by atoms with Gasteiger partial charge >= 0.3 is 0 Å². The molecule has 0 radical (unpaired) electrons. The van der Waals surface area contributed by atoms with Gasteiger partial charge in [-0.05, 0) is 39.0 Å². The first-order valence-corrected chi connectivity index (χ1v) is 11.0. The summed E-state index contributed by atoms with van der Waals surface area (Å²) in [6, 6.07) is 9.72. The molecule has 29 heavy (non-hydrogen) atoms. The van der Waals surface area contributed by atoms with Crippen LogP contribution in [0.4, 0.5) is 5.69 Å². The molecule has 0 fully saturated rings. The lowest BCUT2D eigenvalue weighted by Crippen LogP contribution is -2.14. The first-order chi connectivity index (χ1) is 14.0. The van der Waals surface area contributed by atoms with E-state index in [-0.39, 0.29) is 12.3 Å². The number of thiazole rings is 1. The number of fused-ring (bicyclic) bond motifs is 1. The van der Waals surface area contributed by atoms with Gasteiger partial charge in [-0.25, -0.2) is 14.5 Å². The fraction of sp³-hybridized carbons (Fsp3) is 0.250. The van der Waals surface area contributed by atoms with E-state index in [0.717, 1.165) is 33.3 Å². The zero-order valence-electron chi connectivity index (χ0n) is 16.3. The van der Waals surface area contributed by atoms with Crippen LogP contribution in [-0.2, 0) is 17.0 Å². The Hall–Kier alpha value is -2.78. The average molecular weight is 425 g/mol. The van der Waals surface area contributed by atoms with Crippen molar-refractivity contribution >= 4 is 40.5 Å². The summed E-state index contributed by atoms with van der Waals surface area (Å²) >= 11 is 3.00. The van der Waals surface area contributed by atoms with Gasteiger partial charge in [0.05, 0.1) is 12.1 Å². The van der Waals surface area contributed by atoms with Crippen LogP contribution in [0.3, 0.4) is 0 Å². The number of carbonyl (C=O) groups is 1. The van der Waals surface area contributed by atoms with E-state index in [4.69, 9.17) is 0 Å². The van der Waals surface area contributed by atoms with Gasteiger partial charge < -0.3 is 5.32 Å². The standard InChI is InChI=1S/C20H20N6OS2/c1-12-4-6-15(7-5-12)22-17(27)9-18-23-16(10-28-18)11-29-20-24-19-21-13(2)8-14(3)26(19)25-20/h4-8,10H,9,11H2,1-3H3,(H,22,27). The van der Waals surface area contributed by atoms with Crippen molar-refractivity contribution in [2.24, 2.45) is 0 Å². The SMILES string of the molecule is Cc1ccc(NC(=O)Cc2nc(CSc3nc4nc(C)cc(C)n4n3)cs2)cc1. The van der Waals surface area contributed by atoms with Crippen molar-refractivity contribution in [2.75, 3.05) is 5.32 Å². The van der Waals surface area contributed by atoms with Crippen LogP contribution >= 0.6 is 23.1 Å². The van der Waals surface area contributed by atoms with Crippen LogP contribution in [0, 0.1) is 20.8 Å². The van der Waals surface area contributed by atoms with Crippen molar-refractivity contribution in [3.05, 3.63) is 63.4 Å². The van der Waals surface area contributed by atoms with E-state index in [0.29, 0.717) is 16.7 Å². The molecule has 1 N–H and O–H groups in total. The van der Waals surface area contributed by atoms with Gasteiger partial charge in [-0.3, -0.25) is 4.79 Å². The van der Waals surface area contributed by atoms with Crippen LogP contribution in [0.15, 0.2) is 40.9 Å². The van der Waals surface area contributed by atoms with Crippen molar-refractivity contribution in [1.82, 2.24) is 24.6 Å². The van der Waals surface area contributed by atoms with E-state index in [1.54, 1.807) is 4.52 Å². The number of benzene rings is 1. The molecule has 0 atom stereocenters. The maximum absolute atomic E-state index is 12.2. The molecule has 1 amide bonds. The van der Waals surface area contributed by atoms with Crippen molar-refractivity contribution in [3.8, 4) is 0 Å². The number of hydrogen-bond acceptors (Lipinski definition) is 7. The second-order valence-corrected chi connectivity index (χ2v) is 8.64. The lowest BCUT2D eigenvalue weighted by molar-refractivity contribution is -0.115. The fourth-order valence-electron chi connectivity index (χ4n) is 2.82. The molecule has 0 aliphatic carbocycles. The van der Waals surface area contributed by atoms with Crippen LogP contribution in [0.5, 0.6) is 0 Å². The molecule has 0 saturated carbocycles. The summed E-state index contributed by atoms with van der Waals surface area (Å²) in [5, 5.41) is 10.8. The number of rotatable bonds is 6. The summed E-state index contributed by atoms with van der Waals surface area (Å²) in [6.45, 7) is 5.95. The van der Waals surface area contributed by atoms with Gasteiger partial charge in [0.25, 0.3) is 5.78 Å². The second kappa shape index (κ2) is 8.30. The Morgan fingerprint density at radius 1 is 1.14 bits per heavy atom. The Kier molecular flexibility index (Phi) is 5.59. The molecule has 0 spiro atoms.